The number of nitrogens with zero attached hydrogens (tertiary/aromatic N) is 4. The second-order valence-corrected chi connectivity index (χ2v) is 18.1. The predicted octanol–water partition coefficient (Wildman–Crippen LogP) is 7.91. The van der Waals surface area contributed by atoms with Gasteiger partial charge in [-0.1, -0.05) is 54.4 Å². The highest BCUT2D eigenvalue weighted by molar-refractivity contribution is 5.90. The van der Waals surface area contributed by atoms with Gasteiger partial charge in [-0.25, -0.2) is 19.6 Å². The van der Waals surface area contributed by atoms with Crippen LogP contribution in [-0.2, 0) is 45.1 Å². The zero-order valence-electron chi connectivity index (χ0n) is 38.3. The smallest absolute Gasteiger partial charge is 0.407 e. The molecule has 0 spiro atoms. The first-order valence-electron chi connectivity index (χ1n) is 22.9. The lowest BCUT2D eigenvalue weighted by atomic mass is 9.87. The first-order valence-corrected chi connectivity index (χ1v) is 22.9. The number of amides is 4. The van der Waals surface area contributed by atoms with E-state index in [0.29, 0.717) is 26.3 Å². The lowest BCUT2D eigenvalue weighted by Crippen LogP contribution is -2.51. The number of likely N-dealkylation sites (tertiary alicyclic amines) is 2. The summed E-state index contributed by atoms with van der Waals surface area (Å²) in [6.45, 7) is 13.7. The molecule has 6 heterocycles. The Hall–Kier alpha value is -6.06. The Balaban J connectivity index is 1.09. The summed E-state index contributed by atoms with van der Waals surface area (Å²) in [6, 6.07) is 6.56. The third-order valence-corrected chi connectivity index (χ3v) is 13.0. The molecule has 4 N–H and O–H groups in total. The van der Waals surface area contributed by atoms with Gasteiger partial charge >= 0.3 is 12.2 Å². The number of ether oxygens (including phenoxy) is 4. The lowest BCUT2D eigenvalue weighted by Gasteiger charge is -2.30. The Labute approximate surface area is 374 Å². The molecule has 4 atom stereocenters. The van der Waals surface area contributed by atoms with Crippen molar-refractivity contribution in [2.24, 2.45) is 11.8 Å². The molecule has 342 valence electrons. The van der Waals surface area contributed by atoms with Crippen LogP contribution in [0.4, 0.5) is 9.59 Å². The van der Waals surface area contributed by atoms with Gasteiger partial charge in [-0.3, -0.25) is 9.59 Å². The van der Waals surface area contributed by atoms with E-state index >= 15 is 0 Å². The van der Waals surface area contributed by atoms with Gasteiger partial charge in [0.1, 0.15) is 48.4 Å². The van der Waals surface area contributed by atoms with Gasteiger partial charge < -0.3 is 49.3 Å². The van der Waals surface area contributed by atoms with Crippen LogP contribution in [0.25, 0.3) is 33.6 Å². The van der Waals surface area contributed by atoms with Crippen LogP contribution in [0.2, 0.25) is 0 Å². The van der Waals surface area contributed by atoms with Crippen LogP contribution in [0.3, 0.4) is 0 Å². The average Bonchev–Trinajstić information content (AvgIpc) is 4.12. The molecule has 4 amide bonds. The van der Waals surface area contributed by atoms with Crippen molar-refractivity contribution in [1.29, 1.82) is 0 Å². The monoisotopic (exact) mass is 878 g/mol. The molecule has 8 rings (SSSR count). The summed E-state index contributed by atoms with van der Waals surface area (Å²) in [5.74, 6) is 2.49. The second-order valence-electron chi connectivity index (χ2n) is 18.1. The molecule has 16 heteroatoms. The summed E-state index contributed by atoms with van der Waals surface area (Å²) in [4.78, 5) is 73.4. The number of alkyl carbamates (subject to hydrolysis) is 2. The predicted molar refractivity (Wildman–Crippen MR) is 239 cm³/mol. The molecular formula is C48H62N8O8. The van der Waals surface area contributed by atoms with Gasteiger partial charge in [0.2, 0.25) is 11.8 Å². The van der Waals surface area contributed by atoms with Crippen molar-refractivity contribution in [3.8, 4) is 45.1 Å². The third kappa shape index (κ3) is 8.38. The first-order chi connectivity index (χ1) is 30.8. The molecule has 0 saturated carbocycles. The van der Waals surface area contributed by atoms with Gasteiger partial charge in [0.05, 0.1) is 49.1 Å². The third-order valence-electron chi connectivity index (χ3n) is 13.0. The summed E-state index contributed by atoms with van der Waals surface area (Å²) in [7, 11) is 2.60. The molecule has 2 fully saturated rings. The number of methoxy groups -OCH3 is 2. The molecule has 0 aliphatic carbocycles. The molecule has 2 saturated heterocycles. The zero-order valence-corrected chi connectivity index (χ0v) is 38.3. The Morgan fingerprint density at radius 3 is 1.45 bits per heavy atom. The normalized spacial score (nSPS) is 18.3. The number of carbonyl (C=O) groups excluding carboxylic acids is 4. The summed E-state index contributed by atoms with van der Waals surface area (Å²) in [5, 5.41) is 5.48. The fraction of sp³-hybridized carbons (Fsp3) is 0.542. The number of hydrogen-bond acceptors (Lipinski definition) is 10. The van der Waals surface area contributed by atoms with Gasteiger partial charge in [-0.05, 0) is 74.6 Å². The molecular weight excluding hydrogens is 817 g/mol. The minimum Gasteiger partial charge on any atom is -0.488 e. The lowest BCUT2D eigenvalue weighted by molar-refractivity contribution is -0.136. The standard InChI is InChI=1S/C48H62N8O8/c1-9-13-31-41(51-43(49-31)33-15-11-17-55(33)45(57)39(25(3)4)53-47(59)61-7)27-19-29-23-64-36-22-28(20-30-24-63-35(21-27)37(29)38(30)36)42-32(14-10-2)50-44(52-42)34-16-12-18-56(34)46(58)40(26(5)6)54-48(60)62-8/h19-22,25-26,33-34,39-40H,9-18,23-24H2,1-8H3,(H,49,51)(H,50,52)(H,53,59)(H,54,60)/t33-,34-,39-,40-/m0/s1. The Morgan fingerprint density at radius 1 is 0.688 bits per heavy atom. The number of benzene rings is 2. The molecule has 2 aromatic carbocycles. The summed E-state index contributed by atoms with van der Waals surface area (Å²) in [6.07, 6.45) is 5.19. The summed E-state index contributed by atoms with van der Waals surface area (Å²) < 4.78 is 22.9. The van der Waals surface area contributed by atoms with Crippen molar-refractivity contribution in [3.63, 3.8) is 0 Å². The highest BCUT2D eigenvalue weighted by atomic mass is 16.5. The number of rotatable bonds is 14. The van der Waals surface area contributed by atoms with E-state index in [4.69, 9.17) is 28.9 Å². The molecule has 64 heavy (non-hydrogen) atoms. The van der Waals surface area contributed by atoms with E-state index < -0.39 is 24.3 Å². The number of hydrogen-bond donors (Lipinski definition) is 4. The Kier molecular flexibility index (Phi) is 12.9. The van der Waals surface area contributed by atoms with E-state index in [1.807, 2.05) is 37.5 Å². The van der Waals surface area contributed by atoms with Crippen molar-refractivity contribution in [3.05, 3.63) is 58.4 Å². The van der Waals surface area contributed by atoms with Crippen LogP contribution in [0, 0.1) is 11.8 Å². The van der Waals surface area contributed by atoms with Crippen LogP contribution >= 0.6 is 0 Å². The summed E-state index contributed by atoms with van der Waals surface area (Å²) >= 11 is 0. The second kappa shape index (κ2) is 18.6. The van der Waals surface area contributed by atoms with Gasteiger partial charge in [-0.2, -0.15) is 0 Å². The fourth-order valence-electron chi connectivity index (χ4n) is 9.84. The van der Waals surface area contributed by atoms with Crippen molar-refractivity contribution in [2.75, 3.05) is 27.3 Å². The van der Waals surface area contributed by atoms with E-state index in [0.717, 1.165) is 131 Å². The van der Waals surface area contributed by atoms with Crippen LogP contribution < -0.4 is 20.1 Å². The van der Waals surface area contributed by atoms with Gasteiger partial charge in [0.25, 0.3) is 0 Å². The first kappa shape index (κ1) is 44.5. The molecule has 0 unspecified atom stereocenters. The van der Waals surface area contributed by atoms with E-state index in [-0.39, 0.29) is 35.7 Å². The number of aromatic amines is 2. The number of H-pyrrole nitrogens is 2. The van der Waals surface area contributed by atoms with Crippen LogP contribution in [0.5, 0.6) is 11.5 Å². The maximum atomic E-state index is 13.9. The van der Waals surface area contributed by atoms with Gasteiger partial charge in [-0.15, -0.1) is 0 Å². The maximum Gasteiger partial charge on any atom is 0.407 e. The number of carbonyl (C=O) groups is 4. The van der Waals surface area contributed by atoms with Crippen molar-refractivity contribution < 1.29 is 38.1 Å². The Morgan fingerprint density at radius 2 is 1.09 bits per heavy atom. The fourth-order valence-corrected chi connectivity index (χ4v) is 9.84. The molecule has 0 bridgehead atoms. The maximum absolute atomic E-state index is 13.9. The van der Waals surface area contributed by atoms with E-state index in [2.05, 4.69) is 58.7 Å². The number of imidazole rings is 2. The molecule has 16 nitrogen and oxygen atoms in total. The molecule has 4 aliphatic heterocycles. The highest BCUT2D eigenvalue weighted by Gasteiger charge is 2.40. The molecule has 2 aromatic heterocycles. The Bertz CT molecular complexity index is 2200. The minimum absolute atomic E-state index is 0.131. The number of aryl methyl sites for hydroxylation is 2. The molecule has 0 radical (unpaired) electrons. The number of aromatic nitrogens is 4. The van der Waals surface area contributed by atoms with Crippen LogP contribution in [0.1, 0.15) is 126 Å². The van der Waals surface area contributed by atoms with E-state index in [1.54, 1.807) is 0 Å². The molecule has 4 aliphatic rings. The van der Waals surface area contributed by atoms with Gasteiger partial charge in [0, 0.05) is 46.5 Å². The van der Waals surface area contributed by atoms with Crippen LogP contribution in [0.15, 0.2) is 24.3 Å². The zero-order chi connectivity index (χ0) is 45.4. The SMILES string of the molecule is CCCc1nc([C@@H]2CCCN2C(=O)[C@@H](NC(=O)OC)C(C)C)[nH]c1-c1cc2c3c(c1)OCc1cc(-c4[nH]c([C@@H]5CCCN5C(=O)[C@@H](NC(=O)OC)C(C)C)nc4CCC)cc(c1-3)OC2. The highest BCUT2D eigenvalue weighted by Crippen LogP contribution is 2.51. The van der Waals surface area contributed by atoms with Crippen LogP contribution in [-0.4, -0.2) is 93.1 Å². The van der Waals surface area contributed by atoms with Crippen molar-refractivity contribution >= 4 is 24.0 Å². The average molecular weight is 879 g/mol. The van der Waals surface area contributed by atoms with Crippen molar-refractivity contribution in [1.82, 2.24) is 40.4 Å². The van der Waals surface area contributed by atoms with E-state index in [1.165, 1.54) is 14.2 Å². The topological polar surface area (TPSA) is 193 Å². The van der Waals surface area contributed by atoms with E-state index in [9.17, 15) is 19.2 Å². The quantitative estimate of drug-likeness (QED) is 0.0968. The van der Waals surface area contributed by atoms with Crippen molar-refractivity contribution in [2.45, 2.75) is 130 Å². The molecule has 4 aromatic rings. The van der Waals surface area contributed by atoms with Gasteiger partial charge in [0.15, 0.2) is 0 Å². The summed E-state index contributed by atoms with van der Waals surface area (Å²) in [5.41, 5.74) is 9.64. The largest absolute Gasteiger partial charge is 0.488 e. The number of nitrogens with one attached hydrogen (secondary N) is 4. The minimum atomic E-state index is -0.718.